The van der Waals surface area contributed by atoms with Crippen molar-refractivity contribution in [3.05, 3.63) is 0 Å². The molecule has 0 N–H and O–H groups in total. The molecule has 0 radical (unpaired) electrons. The van der Waals surface area contributed by atoms with Crippen molar-refractivity contribution in [1.82, 2.24) is 0 Å². The SMILES string of the molecule is C[O][Sb]([Cl])([Cl])([O]C)[O]C. The van der Waals surface area contributed by atoms with Crippen LogP contribution in [0, 0.1) is 0 Å². The average molecular weight is 286 g/mol. The molecule has 0 aromatic rings. The standard InChI is InChI=1S/3CH3O.2ClH.Sb/c3*1-2;;;/h3*1H3;2*1H;/q3*-1;;;+5/p-2. The third-order valence-electron chi connectivity index (χ3n) is 0.861. The Bertz CT molecular complexity index is 88.2. The molecule has 0 bridgehead atoms. The van der Waals surface area contributed by atoms with Gasteiger partial charge >= 0.3 is 64.4 Å². The summed E-state index contributed by atoms with van der Waals surface area (Å²) < 4.78 is 14.1. The fraction of sp³-hybridized carbons (Fsp3) is 1.00. The van der Waals surface area contributed by atoms with Gasteiger partial charge in [0.05, 0.1) is 0 Å². The van der Waals surface area contributed by atoms with Crippen molar-refractivity contribution in [1.29, 1.82) is 0 Å². The van der Waals surface area contributed by atoms with Crippen LogP contribution in [-0.2, 0) is 9.05 Å². The first-order valence-corrected chi connectivity index (χ1v) is 11.7. The zero-order valence-electron chi connectivity index (χ0n) is 5.43. The number of hydrogen-bond donors (Lipinski definition) is 0. The molecule has 0 aliphatic carbocycles. The van der Waals surface area contributed by atoms with E-state index in [0.29, 0.717) is 0 Å². The van der Waals surface area contributed by atoms with Crippen LogP contribution < -0.4 is 0 Å². The molecule has 58 valence electrons. The van der Waals surface area contributed by atoms with Crippen LogP contribution in [0.15, 0.2) is 0 Å². The van der Waals surface area contributed by atoms with E-state index in [1.807, 2.05) is 0 Å². The van der Waals surface area contributed by atoms with Gasteiger partial charge in [0.25, 0.3) is 0 Å². The quantitative estimate of drug-likeness (QED) is 0.732. The molecular formula is C3H9Cl2O3Sb. The van der Waals surface area contributed by atoms with Gasteiger partial charge in [-0.15, -0.1) is 0 Å². The first-order valence-electron chi connectivity index (χ1n) is 2.11. The van der Waals surface area contributed by atoms with Crippen molar-refractivity contribution >= 4 is 34.0 Å². The third-order valence-corrected chi connectivity index (χ3v) is 11.3. The van der Waals surface area contributed by atoms with Gasteiger partial charge in [-0.05, 0) is 0 Å². The molecule has 0 rings (SSSR count). The molecule has 0 unspecified atom stereocenters. The van der Waals surface area contributed by atoms with Gasteiger partial charge in [0.2, 0.25) is 0 Å². The predicted octanol–water partition coefficient (Wildman–Crippen LogP) is 1.29. The van der Waals surface area contributed by atoms with Crippen LogP contribution in [0.25, 0.3) is 0 Å². The summed E-state index contributed by atoms with van der Waals surface area (Å²) in [6, 6.07) is 0. The van der Waals surface area contributed by atoms with Crippen LogP contribution in [0.4, 0.5) is 0 Å². The van der Waals surface area contributed by atoms with Crippen LogP contribution >= 0.6 is 17.7 Å². The Balaban J connectivity index is 4.20. The molecule has 0 aliphatic heterocycles. The van der Waals surface area contributed by atoms with Crippen LogP contribution in [-0.4, -0.2) is 37.7 Å². The topological polar surface area (TPSA) is 27.7 Å². The Kier molecular flexibility index (Phi) is 3.56. The number of hydrogen-bond acceptors (Lipinski definition) is 3. The van der Waals surface area contributed by atoms with E-state index in [-0.39, 0.29) is 0 Å². The molecule has 9 heavy (non-hydrogen) atoms. The fourth-order valence-corrected chi connectivity index (χ4v) is 1.50. The Morgan fingerprint density at radius 3 is 1.11 bits per heavy atom. The second-order valence-electron chi connectivity index (χ2n) is 1.25. The molecular weight excluding hydrogens is 277 g/mol. The first-order chi connectivity index (χ1) is 3.96. The van der Waals surface area contributed by atoms with E-state index in [2.05, 4.69) is 0 Å². The van der Waals surface area contributed by atoms with Crippen LogP contribution in [0.3, 0.4) is 0 Å². The second-order valence-corrected chi connectivity index (χ2v) is 17.4. The van der Waals surface area contributed by atoms with Gasteiger partial charge in [-0.2, -0.15) is 0 Å². The van der Waals surface area contributed by atoms with Gasteiger partial charge < -0.3 is 0 Å². The van der Waals surface area contributed by atoms with Crippen LogP contribution in [0.2, 0.25) is 0 Å². The molecule has 0 fully saturated rings. The summed E-state index contributed by atoms with van der Waals surface area (Å²) in [5.74, 6) is 0. The van der Waals surface area contributed by atoms with Crippen LogP contribution in [0.1, 0.15) is 0 Å². The molecule has 0 saturated heterocycles. The maximum atomic E-state index is 5.65. The molecule has 0 heterocycles. The molecule has 0 spiro atoms. The van der Waals surface area contributed by atoms with E-state index in [1.165, 1.54) is 21.3 Å². The Hall–Kier alpha value is 1.28. The summed E-state index contributed by atoms with van der Waals surface area (Å²) in [6.45, 7) is 0. The molecule has 3 nitrogen and oxygen atoms in total. The van der Waals surface area contributed by atoms with Crippen LogP contribution in [0.5, 0.6) is 0 Å². The molecule has 0 aromatic carbocycles. The monoisotopic (exact) mass is 284 g/mol. The van der Waals surface area contributed by atoms with Gasteiger partial charge in [0.15, 0.2) is 0 Å². The maximum absolute atomic E-state index is 5.65. The summed E-state index contributed by atoms with van der Waals surface area (Å²) in [4.78, 5) is 0. The predicted molar refractivity (Wildman–Crippen MR) is 38.5 cm³/mol. The van der Waals surface area contributed by atoms with Gasteiger partial charge in [-0.1, -0.05) is 0 Å². The van der Waals surface area contributed by atoms with E-state index < -0.39 is 16.4 Å². The van der Waals surface area contributed by atoms with Gasteiger partial charge in [0, 0.05) is 0 Å². The minimum atomic E-state index is -4.42. The molecule has 0 aliphatic rings. The van der Waals surface area contributed by atoms with Gasteiger partial charge in [-0.25, -0.2) is 0 Å². The molecule has 0 atom stereocenters. The molecule has 0 aromatic heterocycles. The summed E-state index contributed by atoms with van der Waals surface area (Å²) in [7, 11) is 15.4. The Morgan fingerprint density at radius 2 is 1.11 bits per heavy atom. The molecule has 0 saturated carbocycles. The molecule has 6 heteroatoms. The normalized spacial score (nSPS) is 16.8. The van der Waals surface area contributed by atoms with E-state index in [9.17, 15) is 0 Å². The first kappa shape index (κ1) is 10.3. The van der Waals surface area contributed by atoms with E-state index >= 15 is 0 Å². The van der Waals surface area contributed by atoms with Crippen molar-refractivity contribution in [2.45, 2.75) is 0 Å². The number of rotatable bonds is 3. The number of halogens is 2. The van der Waals surface area contributed by atoms with E-state index in [1.54, 1.807) is 0 Å². The second kappa shape index (κ2) is 3.12. The van der Waals surface area contributed by atoms with Crippen molar-refractivity contribution in [3.63, 3.8) is 0 Å². The summed E-state index contributed by atoms with van der Waals surface area (Å²) in [5, 5.41) is 0. The fourth-order valence-electron chi connectivity index (χ4n) is 0.224. The summed E-state index contributed by atoms with van der Waals surface area (Å²) in [6.07, 6.45) is 0. The van der Waals surface area contributed by atoms with E-state index in [4.69, 9.17) is 26.7 Å². The zero-order chi connectivity index (χ0) is 7.57. The Labute approximate surface area is 64.3 Å². The summed E-state index contributed by atoms with van der Waals surface area (Å²) >= 11 is -4.42. The van der Waals surface area contributed by atoms with Crippen molar-refractivity contribution in [2.24, 2.45) is 0 Å². The minimum absolute atomic E-state index is 1.36. The van der Waals surface area contributed by atoms with Crippen molar-refractivity contribution in [2.75, 3.05) is 21.3 Å². The van der Waals surface area contributed by atoms with Gasteiger partial charge in [-0.3, -0.25) is 0 Å². The van der Waals surface area contributed by atoms with E-state index in [0.717, 1.165) is 0 Å². The average Bonchev–Trinajstić information content (AvgIpc) is 1.90. The third kappa shape index (κ3) is 2.79. The zero-order valence-corrected chi connectivity index (χ0v) is 9.49. The molecule has 0 amide bonds. The van der Waals surface area contributed by atoms with Crippen molar-refractivity contribution in [3.8, 4) is 0 Å². The summed E-state index contributed by atoms with van der Waals surface area (Å²) in [5.41, 5.74) is 0. The Morgan fingerprint density at radius 1 is 0.889 bits per heavy atom. The van der Waals surface area contributed by atoms with Gasteiger partial charge in [0.1, 0.15) is 0 Å². The van der Waals surface area contributed by atoms with Crippen molar-refractivity contribution < 1.29 is 9.05 Å².